The topological polar surface area (TPSA) is 47.2 Å². The number of nitrogens with zero attached hydrogens (tertiary/aromatic N) is 2. The highest BCUT2D eigenvalue weighted by Gasteiger charge is 2.10. The van der Waals surface area contributed by atoms with Crippen LogP contribution in [0.25, 0.3) is 5.69 Å². The SMILES string of the molecule is C=CCn1cc(O)n(-c2ccc(Cl)cc2)c1=O. The Morgan fingerprint density at radius 1 is 1.35 bits per heavy atom. The van der Waals surface area contributed by atoms with Crippen LogP contribution in [0.1, 0.15) is 0 Å². The smallest absolute Gasteiger partial charge is 0.335 e. The molecule has 1 N–H and O–H groups in total. The van der Waals surface area contributed by atoms with E-state index in [2.05, 4.69) is 6.58 Å². The van der Waals surface area contributed by atoms with Crippen molar-refractivity contribution in [2.75, 3.05) is 0 Å². The van der Waals surface area contributed by atoms with E-state index in [4.69, 9.17) is 11.6 Å². The van der Waals surface area contributed by atoms with E-state index in [-0.39, 0.29) is 11.6 Å². The summed E-state index contributed by atoms with van der Waals surface area (Å²) in [4.78, 5) is 12.0. The fourth-order valence-electron chi connectivity index (χ4n) is 1.58. The fraction of sp³-hybridized carbons (Fsp3) is 0.0833. The van der Waals surface area contributed by atoms with Crippen LogP contribution < -0.4 is 5.69 Å². The van der Waals surface area contributed by atoms with Crippen LogP contribution in [0.15, 0.2) is 47.9 Å². The summed E-state index contributed by atoms with van der Waals surface area (Å²) in [6, 6.07) is 6.66. The lowest BCUT2D eigenvalue weighted by atomic mass is 10.3. The number of halogens is 1. The van der Waals surface area contributed by atoms with Crippen molar-refractivity contribution < 1.29 is 5.11 Å². The third kappa shape index (κ3) is 2.12. The maximum Gasteiger partial charge on any atom is 0.335 e. The molecule has 88 valence electrons. The van der Waals surface area contributed by atoms with Gasteiger partial charge in [0, 0.05) is 11.6 Å². The van der Waals surface area contributed by atoms with Gasteiger partial charge in [-0.2, -0.15) is 0 Å². The minimum Gasteiger partial charge on any atom is -0.493 e. The van der Waals surface area contributed by atoms with Crippen LogP contribution in [0.3, 0.4) is 0 Å². The maximum atomic E-state index is 12.0. The monoisotopic (exact) mass is 250 g/mol. The first kappa shape index (κ1) is 11.5. The van der Waals surface area contributed by atoms with Gasteiger partial charge in [0.2, 0.25) is 5.88 Å². The van der Waals surface area contributed by atoms with E-state index in [0.29, 0.717) is 17.3 Å². The summed E-state index contributed by atoms with van der Waals surface area (Å²) in [5.41, 5.74) is 0.254. The molecular formula is C12H11ClN2O2. The van der Waals surface area contributed by atoms with E-state index in [0.717, 1.165) is 0 Å². The number of allylic oxidation sites excluding steroid dienone is 1. The Labute approximate surface area is 103 Å². The van der Waals surface area contributed by atoms with Crippen LogP contribution in [-0.4, -0.2) is 14.2 Å². The Balaban J connectivity index is 2.55. The molecule has 0 amide bonds. The molecule has 17 heavy (non-hydrogen) atoms. The van der Waals surface area contributed by atoms with Crippen molar-refractivity contribution in [2.45, 2.75) is 6.54 Å². The lowest BCUT2D eigenvalue weighted by Gasteiger charge is -2.02. The van der Waals surface area contributed by atoms with E-state index < -0.39 is 0 Å². The van der Waals surface area contributed by atoms with Gasteiger partial charge in [0.25, 0.3) is 0 Å². The second-order valence-electron chi connectivity index (χ2n) is 3.52. The van der Waals surface area contributed by atoms with Crippen LogP contribution in [-0.2, 0) is 6.54 Å². The molecule has 1 aromatic carbocycles. The Bertz CT molecular complexity index is 596. The van der Waals surface area contributed by atoms with Crippen LogP contribution in [0.4, 0.5) is 0 Å². The number of aromatic nitrogens is 2. The van der Waals surface area contributed by atoms with Gasteiger partial charge in [0.05, 0.1) is 11.9 Å². The Hall–Kier alpha value is -1.94. The van der Waals surface area contributed by atoms with Gasteiger partial charge in [-0.3, -0.25) is 4.57 Å². The van der Waals surface area contributed by atoms with Crippen LogP contribution in [0, 0.1) is 0 Å². The third-order valence-corrected chi connectivity index (χ3v) is 2.60. The van der Waals surface area contributed by atoms with Gasteiger partial charge in [-0.05, 0) is 24.3 Å². The van der Waals surface area contributed by atoms with Gasteiger partial charge in [0.15, 0.2) is 0 Å². The van der Waals surface area contributed by atoms with Crippen LogP contribution >= 0.6 is 11.6 Å². The molecule has 0 saturated carbocycles. The highest BCUT2D eigenvalue weighted by atomic mass is 35.5. The summed E-state index contributed by atoms with van der Waals surface area (Å²) in [6.45, 7) is 3.91. The molecule has 2 aromatic rings. The summed E-state index contributed by atoms with van der Waals surface area (Å²) in [7, 11) is 0. The normalized spacial score (nSPS) is 10.4. The maximum absolute atomic E-state index is 12.0. The fourth-order valence-corrected chi connectivity index (χ4v) is 1.71. The van der Waals surface area contributed by atoms with Crippen molar-refractivity contribution >= 4 is 11.6 Å². The minimum atomic E-state index is -0.315. The molecule has 0 fully saturated rings. The van der Waals surface area contributed by atoms with Gasteiger partial charge >= 0.3 is 5.69 Å². The van der Waals surface area contributed by atoms with Crippen molar-refractivity contribution in [3.05, 3.63) is 58.6 Å². The van der Waals surface area contributed by atoms with Crippen molar-refractivity contribution in [1.29, 1.82) is 0 Å². The first-order valence-electron chi connectivity index (χ1n) is 5.01. The minimum absolute atomic E-state index is 0.112. The van der Waals surface area contributed by atoms with Gasteiger partial charge in [0.1, 0.15) is 0 Å². The largest absolute Gasteiger partial charge is 0.493 e. The Morgan fingerprint density at radius 2 is 2.00 bits per heavy atom. The first-order valence-corrected chi connectivity index (χ1v) is 5.39. The molecule has 5 heteroatoms. The third-order valence-electron chi connectivity index (χ3n) is 2.35. The lowest BCUT2D eigenvalue weighted by molar-refractivity contribution is 0.441. The molecule has 0 aliphatic rings. The van der Waals surface area contributed by atoms with Crippen LogP contribution in [0.5, 0.6) is 5.88 Å². The van der Waals surface area contributed by atoms with Gasteiger partial charge < -0.3 is 5.11 Å². The number of rotatable bonds is 3. The van der Waals surface area contributed by atoms with E-state index in [1.54, 1.807) is 30.3 Å². The molecule has 0 radical (unpaired) electrons. The molecule has 0 unspecified atom stereocenters. The summed E-state index contributed by atoms with van der Waals surface area (Å²) in [5, 5.41) is 10.3. The zero-order valence-corrected chi connectivity index (χ0v) is 9.76. The molecule has 0 atom stereocenters. The number of benzene rings is 1. The molecule has 0 spiro atoms. The standard InChI is InChI=1S/C12H11ClN2O2/c1-2-7-14-8-11(16)15(12(14)17)10-5-3-9(13)4-6-10/h2-6,8,16H,1,7H2. The molecule has 4 nitrogen and oxygen atoms in total. The Morgan fingerprint density at radius 3 is 2.59 bits per heavy atom. The molecule has 0 aliphatic carbocycles. The van der Waals surface area contributed by atoms with E-state index in [9.17, 15) is 9.90 Å². The molecule has 0 aliphatic heterocycles. The van der Waals surface area contributed by atoms with Crippen molar-refractivity contribution in [3.8, 4) is 11.6 Å². The molecule has 1 heterocycles. The average Bonchev–Trinajstić information content (AvgIpc) is 2.57. The van der Waals surface area contributed by atoms with Crippen LogP contribution in [0.2, 0.25) is 5.02 Å². The Kier molecular flexibility index (Phi) is 3.06. The lowest BCUT2D eigenvalue weighted by Crippen LogP contribution is -2.22. The summed E-state index contributed by atoms with van der Waals surface area (Å²) < 4.78 is 2.58. The predicted molar refractivity (Wildman–Crippen MR) is 66.9 cm³/mol. The summed E-state index contributed by atoms with van der Waals surface area (Å²) in [5.74, 6) is -0.112. The van der Waals surface area contributed by atoms with Crippen molar-refractivity contribution in [1.82, 2.24) is 9.13 Å². The van der Waals surface area contributed by atoms with Gasteiger partial charge in [-0.25, -0.2) is 9.36 Å². The number of hydrogen-bond acceptors (Lipinski definition) is 2. The van der Waals surface area contributed by atoms with E-state index in [1.165, 1.54) is 15.3 Å². The second-order valence-corrected chi connectivity index (χ2v) is 3.96. The van der Waals surface area contributed by atoms with Crippen molar-refractivity contribution in [3.63, 3.8) is 0 Å². The van der Waals surface area contributed by atoms with Gasteiger partial charge in [-0.1, -0.05) is 17.7 Å². The quantitative estimate of drug-likeness (QED) is 0.849. The predicted octanol–water partition coefficient (Wildman–Crippen LogP) is 2.18. The molecule has 0 bridgehead atoms. The van der Waals surface area contributed by atoms with E-state index in [1.807, 2.05) is 0 Å². The molecular weight excluding hydrogens is 240 g/mol. The van der Waals surface area contributed by atoms with E-state index >= 15 is 0 Å². The summed E-state index contributed by atoms with van der Waals surface area (Å²) >= 11 is 5.77. The van der Waals surface area contributed by atoms with Gasteiger partial charge in [-0.15, -0.1) is 6.58 Å². The zero-order valence-electron chi connectivity index (χ0n) is 9.01. The number of hydrogen-bond donors (Lipinski definition) is 1. The number of imidazole rings is 1. The second kappa shape index (κ2) is 4.51. The first-order chi connectivity index (χ1) is 8.13. The zero-order chi connectivity index (χ0) is 12.4. The molecule has 1 aromatic heterocycles. The number of aromatic hydroxyl groups is 1. The summed E-state index contributed by atoms with van der Waals surface area (Å²) in [6.07, 6.45) is 2.96. The highest BCUT2D eigenvalue weighted by Crippen LogP contribution is 2.17. The highest BCUT2D eigenvalue weighted by molar-refractivity contribution is 6.30. The average molecular weight is 251 g/mol. The van der Waals surface area contributed by atoms with Crippen molar-refractivity contribution in [2.24, 2.45) is 0 Å². The molecule has 2 rings (SSSR count). The molecule has 0 saturated heterocycles.